The third-order valence-corrected chi connectivity index (χ3v) is 6.53. The number of rotatable bonds is 8. The molecule has 7 heteroatoms. The van der Waals surface area contributed by atoms with E-state index in [9.17, 15) is 9.59 Å². The van der Waals surface area contributed by atoms with Gasteiger partial charge in [0.1, 0.15) is 5.78 Å². The molecule has 1 heterocycles. The summed E-state index contributed by atoms with van der Waals surface area (Å²) in [6.45, 7) is 3.95. The van der Waals surface area contributed by atoms with E-state index in [4.69, 9.17) is 14.5 Å². The molecule has 1 aliphatic carbocycles. The number of methoxy groups -OCH3 is 2. The largest absolute Gasteiger partial charge is 0.493 e. The van der Waals surface area contributed by atoms with Gasteiger partial charge in [0.15, 0.2) is 16.7 Å². The Morgan fingerprint density at radius 1 is 1.24 bits per heavy atom. The number of carbonyl (C=O) groups excluding carboxylic acids is 1. The van der Waals surface area contributed by atoms with Gasteiger partial charge in [-0.2, -0.15) is 0 Å². The topological polar surface area (TPSA) is 70.4 Å². The van der Waals surface area contributed by atoms with Crippen molar-refractivity contribution in [3.05, 3.63) is 34.1 Å². The van der Waals surface area contributed by atoms with Crippen LogP contribution in [0, 0.1) is 0 Å². The van der Waals surface area contributed by atoms with Crippen LogP contribution in [-0.2, 0) is 11.3 Å². The van der Waals surface area contributed by atoms with Crippen LogP contribution in [-0.4, -0.2) is 34.8 Å². The third-order valence-electron chi connectivity index (χ3n) is 5.32. The van der Waals surface area contributed by atoms with E-state index < -0.39 is 0 Å². The van der Waals surface area contributed by atoms with Crippen LogP contribution >= 0.6 is 11.8 Å². The zero-order chi connectivity index (χ0) is 21.0. The lowest BCUT2D eigenvalue weighted by atomic mass is 9.97. The van der Waals surface area contributed by atoms with Crippen LogP contribution in [0.5, 0.6) is 11.5 Å². The summed E-state index contributed by atoms with van der Waals surface area (Å²) in [5.41, 5.74) is 1.82. The molecule has 0 amide bonds. The van der Waals surface area contributed by atoms with Crippen molar-refractivity contribution in [2.75, 3.05) is 14.2 Å². The molecule has 0 aliphatic heterocycles. The second-order valence-electron chi connectivity index (χ2n) is 7.30. The quantitative estimate of drug-likeness (QED) is 0.361. The Kier molecular flexibility index (Phi) is 7.00. The first kappa shape index (κ1) is 21.4. The molecule has 1 aromatic carbocycles. The van der Waals surface area contributed by atoms with Crippen molar-refractivity contribution in [2.45, 2.75) is 62.9 Å². The number of fused-ring (bicyclic) bond motifs is 1. The molecule has 6 nitrogen and oxygen atoms in total. The first-order valence-corrected chi connectivity index (χ1v) is 10.8. The maximum absolute atomic E-state index is 13.3. The van der Waals surface area contributed by atoms with E-state index in [1.807, 2.05) is 6.92 Å². The van der Waals surface area contributed by atoms with Gasteiger partial charge in [0.05, 0.1) is 30.4 Å². The fourth-order valence-corrected chi connectivity index (χ4v) is 4.38. The van der Waals surface area contributed by atoms with Crippen molar-refractivity contribution >= 4 is 28.4 Å². The molecule has 2 aromatic rings. The molecule has 1 aromatic heterocycles. The minimum absolute atomic E-state index is 0.0539. The number of thioether (sulfide) groups is 1. The number of Topliss-reactive ketones (excluding diaryl/α,β-unsaturated/α-hetero) is 1. The van der Waals surface area contributed by atoms with Gasteiger partial charge in [-0.05, 0) is 52.0 Å². The average molecular weight is 417 g/mol. The molecule has 1 unspecified atom stereocenters. The predicted molar refractivity (Wildman–Crippen MR) is 116 cm³/mol. The minimum Gasteiger partial charge on any atom is -0.493 e. The molecule has 0 spiro atoms. The number of carbonyl (C=O) groups is 1. The van der Waals surface area contributed by atoms with E-state index >= 15 is 0 Å². The molecular weight excluding hydrogens is 388 g/mol. The summed E-state index contributed by atoms with van der Waals surface area (Å²) in [4.78, 5) is 29.9. The first-order chi connectivity index (χ1) is 13.9. The van der Waals surface area contributed by atoms with Crippen LogP contribution in [0.4, 0.5) is 0 Å². The summed E-state index contributed by atoms with van der Waals surface area (Å²) in [6, 6.07) is 3.40. The van der Waals surface area contributed by atoms with Crippen LogP contribution in [0.3, 0.4) is 0 Å². The van der Waals surface area contributed by atoms with Gasteiger partial charge in [0, 0.05) is 12.6 Å². The zero-order valence-corrected chi connectivity index (χ0v) is 18.3. The van der Waals surface area contributed by atoms with Gasteiger partial charge in [-0.3, -0.25) is 14.2 Å². The summed E-state index contributed by atoms with van der Waals surface area (Å²) >= 11 is 1.33. The second kappa shape index (κ2) is 9.48. The lowest BCUT2D eigenvalue weighted by Gasteiger charge is -2.18. The average Bonchev–Trinajstić information content (AvgIpc) is 2.73. The highest BCUT2D eigenvalue weighted by atomic mass is 32.2. The van der Waals surface area contributed by atoms with E-state index in [1.54, 1.807) is 37.8 Å². The molecule has 156 valence electrons. The lowest BCUT2D eigenvalue weighted by Crippen LogP contribution is -2.25. The highest BCUT2D eigenvalue weighted by Gasteiger charge is 2.19. The van der Waals surface area contributed by atoms with Crippen molar-refractivity contribution in [3.8, 4) is 11.5 Å². The van der Waals surface area contributed by atoms with Gasteiger partial charge in [0.2, 0.25) is 0 Å². The van der Waals surface area contributed by atoms with E-state index in [1.165, 1.54) is 30.2 Å². The van der Waals surface area contributed by atoms with Gasteiger partial charge in [-0.15, -0.1) is 0 Å². The molecule has 0 saturated carbocycles. The standard InChI is InChI=1S/C22H28N2O4S/c1-14(25)15(2)29-22-23-18-13-20(28-4)19(27-3)12-17(18)21(26)24(22)11-10-16-8-6-5-7-9-16/h8,12-13,15H,5-7,9-11H2,1-4H3. The monoisotopic (exact) mass is 416 g/mol. The Bertz CT molecular complexity index is 996. The molecule has 0 fully saturated rings. The highest BCUT2D eigenvalue weighted by molar-refractivity contribution is 8.00. The molecule has 0 radical (unpaired) electrons. The Hall–Kier alpha value is -2.28. The van der Waals surface area contributed by atoms with E-state index in [0.29, 0.717) is 34.1 Å². The maximum atomic E-state index is 13.3. The molecule has 0 saturated heterocycles. The Balaban J connectivity index is 2.08. The lowest BCUT2D eigenvalue weighted by molar-refractivity contribution is -0.116. The second-order valence-corrected chi connectivity index (χ2v) is 8.61. The fraction of sp³-hybridized carbons (Fsp3) is 0.500. The van der Waals surface area contributed by atoms with Crippen LogP contribution in [0.25, 0.3) is 10.9 Å². The van der Waals surface area contributed by atoms with Crippen LogP contribution in [0.1, 0.15) is 46.0 Å². The Morgan fingerprint density at radius 3 is 2.59 bits per heavy atom. The van der Waals surface area contributed by atoms with Gasteiger partial charge in [0.25, 0.3) is 5.56 Å². The Labute approximate surface area is 175 Å². The van der Waals surface area contributed by atoms with Gasteiger partial charge in [-0.25, -0.2) is 4.98 Å². The van der Waals surface area contributed by atoms with Crippen molar-refractivity contribution in [3.63, 3.8) is 0 Å². The SMILES string of the molecule is COc1cc2nc(SC(C)C(C)=O)n(CCC3=CCCCC3)c(=O)c2cc1OC. The summed E-state index contributed by atoms with van der Waals surface area (Å²) in [7, 11) is 3.10. The van der Waals surface area contributed by atoms with Crippen molar-refractivity contribution < 1.29 is 14.3 Å². The summed E-state index contributed by atoms with van der Waals surface area (Å²) in [6.07, 6.45) is 7.76. The number of benzene rings is 1. The van der Waals surface area contributed by atoms with Gasteiger partial charge >= 0.3 is 0 Å². The number of nitrogens with zero attached hydrogens (tertiary/aromatic N) is 2. The van der Waals surface area contributed by atoms with Gasteiger partial charge < -0.3 is 9.47 Å². The number of ketones is 1. The summed E-state index contributed by atoms with van der Waals surface area (Å²) < 4.78 is 12.4. The van der Waals surface area contributed by atoms with E-state index in [2.05, 4.69) is 6.08 Å². The number of aromatic nitrogens is 2. The van der Waals surface area contributed by atoms with Crippen LogP contribution in [0.2, 0.25) is 0 Å². The van der Waals surface area contributed by atoms with Gasteiger partial charge in [-0.1, -0.05) is 23.4 Å². The maximum Gasteiger partial charge on any atom is 0.262 e. The number of hydrogen-bond donors (Lipinski definition) is 0. The minimum atomic E-state index is -0.278. The number of hydrogen-bond acceptors (Lipinski definition) is 6. The Morgan fingerprint density at radius 2 is 1.97 bits per heavy atom. The normalized spacial score (nSPS) is 15.1. The molecule has 0 N–H and O–H groups in total. The molecular formula is C22H28N2O4S. The van der Waals surface area contributed by atoms with E-state index in [-0.39, 0.29) is 16.6 Å². The molecule has 1 aliphatic rings. The molecule has 0 bridgehead atoms. The number of allylic oxidation sites excluding steroid dienone is 2. The molecule has 3 rings (SSSR count). The van der Waals surface area contributed by atoms with Crippen molar-refractivity contribution in [2.24, 2.45) is 0 Å². The van der Waals surface area contributed by atoms with E-state index in [0.717, 1.165) is 19.3 Å². The zero-order valence-electron chi connectivity index (χ0n) is 17.5. The molecule has 29 heavy (non-hydrogen) atoms. The van der Waals surface area contributed by atoms with Crippen molar-refractivity contribution in [1.29, 1.82) is 0 Å². The molecule has 1 atom stereocenters. The highest BCUT2D eigenvalue weighted by Crippen LogP contribution is 2.32. The summed E-state index contributed by atoms with van der Waals surface area (Å²) in [5.74, 6) is 1.07. The smallest absolute Gasteiger partial charge is 0.262 e. The first-order valence-electron chi connectivity index (χ1n) is 9.96. The van der Waals surface area contributed by atoms with Crippen LogP contribution < -0.4 is 15.0 Å². The predicted octanol–water partition coefficient (Wildman–Crippen LogP) is 4.37. The fourth-order valence-electron chi connectivity index (χ4n) is 3.44. The summed E-state index contributed by atoms with van der Waals surface area (Å²) in [5, 5.41) is 0.772. The van der Waals surface area contributed by atoms with Crippen molar-refractivity contribution in [1.82, 2.24) is 9.55 Å². The third kappa shape index (κ3) is 4.83. The van der Waals surface area contributed by atoms with Crippen LogP contribution in [0.15, 0.2) is 33.7 Å². The number of ether oxygens (including phenoxy) is 2.